The Hall–Kier alpha value is 0.576. The van der Waals surface area contributed by atoms with E-state index in [2.05, 4.69) is 11.9 Å². The molecule has 1 N–H and O–H groups in total. The average Bonchev–Trinajstić information content (AvgIpc) is 2.30. The van der Waals surface area contributed by atoms with Crippen LogP contribution >= 0.6 is 0 Å². The summed E-state index contributed by atoms with van der Waals surface area (Å²) in [5.74, 6) is -1.33. The molecule has 0 heterocycles. The van der Waals surface area contributed by atoms with Gasteiger partial charge in [-0.1, -0.05) is 51.9 Å². The van der Waals surface area contributed by atoms with Gasteiger partial charge in [0.15, 0.2) is 0 Å². The zero-order valence-corrected chi connectivity index (χ0v) is 14.9. The molecule has 4 nitrogen and oxygen atoms in total. The quantitative estimate of drug-likeness (QED) is 0.237. The average molecular weight is 281 g/mol. The van der Waals surface area contributed by atoms with Crippen molar-refractivity contribution < 1.29 is 66.4 Å². The Kier molecular flexibility index (Phi) is 18.1. The second-order valence-corrected chi connectivity index (χ2v) is 4.33. The maximum Gasteiger partial charge on any atom is 1.00 e. The summed E-state index contributed by atoms with van der Waals surface area (Å²) in [7, 11) is 0. The van der Waals surface area contributed by atoms with Crippen molar-refractivity contribution in [1.29, 1.82) is 0 Å². The number of carbonyl (C=O) groups is 1. The molecule has 0 aliphatic rings. The Morgan fingerprint density at radius 3 is 2.06 bits per heavy atom. The molecule has 0 aromatic heterocycles. The first-order chi connectivity index (χ1) is 8.16. The smallest absolute Gasteiger partial charge is 0.862 e. The largest absolute Gasteiger partial charge is 1.00 e. The fourth-order valence-electron chi connectivity index (χ4n) is 1.64. The van der Waals surface area contributed by atoms with Crippen LogP contribution in [0, 0.1) is 0 Å². The fraction of sp³-hybridized carbons (Fsp3) is 0.846. The van der Waals surface area contributed by atoms with Crippen molar-refractivity contribution in [1.82, 2.24) is 0 Å². The van der Waals surface area contributed by atoms with E-state index in [9.17, 15) is 9.90 Å². The number of hydrogen-bond donors (Lipinski definition) is 1. The molecule has 0 bridgehead atoms. The normalized spacial score (nSPS) is 11.1. The van der Waals surface area contributed by atoms with Gasteiger partial charge >= 0.3 is 57.4 Å². The minimum absolute atomic E-state index is 0. The molecule has 0 unspecified atom stereocenters. The molecule has 0 saturated heterocycles. The maximum atomic E-state index is 11.1. The summed E-state index contributed by atoms with van der Waals surface area (Å²) in [6.07, 6.45) is 9.83. The standard InChI is InChI=1S/C13H25NO3.K/c1-2-3-4-5-6-7-8-9-10-12(15)14-11-13(16)17;/h2-11H2,1H3,(H,14,15)(H,16,17);/q;+1/p-1. The van der Waals surface area contributed by atoms with E-state index in [0.717, 1.165) is 19.3 Å². The van der Waals surface area contributed by atoms with Gasteiger partial charge in [0.1, 0.15) is 6.54 Å². The van der Waals surface area contributed by atoms with Crippen molar-refractivity contribution in [3.63, 3.8) is 0 Å². The number of hydrogen-bond acceptors (Lipinski definition) is 3. The van der Waals surface area contributed by atoms with Crippen LogP contribution in [0.15, 0.2) is 4.99 Å². The molecular weight excluding hydrogens is 257 g/mol. The molecule has 0 rings (SSSR count). The Morgan fingerprint density at radius 2 is 1.56 bits per heavy atom. The molecule has 0 amide bonds. The summed E-state index contributed by atoms with van der Waals surface area (Å²) >= 11 is 0. The number of rotatable bonds is 11. The van der Waals surface area contributed by atoms with Gasteiger partial charge < -0.3 is 10.2 Å². The van der Waals surface area contributed by atoms with Gasteiger partial charge in [0.2, 0.25) is 0 Å². The third-order valence-corrected chi connectivity index (χ3v) is 2.63. The first-order valence-corrected chi connectivity index (χ1v) is 6.59. The molecule has 0 aliphatic heterocycles. The second kappa shape index (κ2) is 15.6. The summed E-state index contributed by atoms with van der Waals surface area (Å²) in [4.78, 5) is 13.6. The van der Waals surface area contributed by atoms with Crippen LogP contribution in [-0.2, 0) is 4.79 Å². The molecule has 0 radical (unpaired) electrons. The minimum atomic E-state index is -1.05. The van der Waals surface area contributed by atoms with Crippen molar-refractivity contribution in [2.24, 2.45) is 4.99 Å². The third-order valence-electron chi connectivity index (χ3n) is 2.63. The fourth-order valence-corrected chi connectivity index (χ4v) is 1.64. The Balaban J connectivity index is 0. The Labute approximate surface area is 153 Å². The number of aliphatic imine (C=N–C) groups is 1. The number of carboxylic acid groups (broad SMARTS) is 1. The van der Waals surface area contributed by atoms with Gasteiger partial charge in [-0.2, -0.15) is 0 Å². The van der Waals surface area contributed by atoms with E-state index in [0.29, 0.717) is 6.42 Å². The number of aliphatic carboxylic acids is 1. The van der Waals surface area contributed by atoms with E-state index < -0.39 is 12.5 Å². The van der Waals surface area contributed by atoms with Crippen LogP contribution in [0.3, 0.4) is 0 Å². The molecule has 0 aromatic carbocycles. The van der Waals surface area contributed by atoms with E-state index in [1.54, 1.807) is 0 Å². The predicted molar refractivity (Wildman–Crippen MR) is 67.2 cm³/mol. The first kappa shape index (κ1) is 20.9. The van der Waals surface area contributed by atoms with Crippen LogP contribution in [0.2, 0.25) is 0 Å². The second-order valence-electron chi connectivity index (χ2n) is 4.33. The van der Waals surface area contributed by atoms with Crippen LogP contribution in [0.25, 0.3) is 0 Å². The SMILES string of the molecule is CCCCCCCCCCC([O-])=NCC(=O)O.[K+]. The molecule has 0 atom stereocenters. The van der Waals surface area contributed by atoms with E-state index in [1.807, 2.05) is 0 Å². The summed E-state index contributed by atoms with van der Waals surface area (Å²) in [5, 5.41) is 19.4. The molecule has 0 fully saturated rings. The zero-order valence-electron chi connectivity index (χ0n) is 11.8. The summed E-state index contributed by atoms with van der Waals surface area (Å²) in [6.45, 7) is 1.81. The number of nitrogens with zero attached hydrogens (tertiary/aromatic N) is 1. The molecule has 5 heteroatoms. The molecule has 100 valence electrons. The van der Waals surface area contributed by atoms with Gasteiger partial charge in [-0.15, -0.1) is 0 Å². The van der Waals surface area contributed by atoms with Crippen molar-refractivity contribution in [3.8, 4) is 0 Å². The summed E-state index contributed by atoms with van der Waals surface area (Å²) < 4.78 is 0. The zero-order chi connectivity index (χ0) is 12.9. The van der Waals surface area contributed by atoms with E-state index in [1.165, 1.54) is 32.1 Å². The third kappa shape index (κ3) is 16.6. The maximum absolute atomic E-state index is 11.1. The van der Waals surface area contributed by atoms with Crippen molar-refractivity contribution in [2.75, 3.05) is 6.54 Å². The van der Waals surface area contributed by atoms with E-state index >= 15 is 0 Å². The van der Waals surface area contributed by atoms with Crippen molar-refractivity contribution in [2.45, 2.75) is 64.7 Å². The van der Waals surface area contributed by atoms with Crippen molar-refractivity contribution >= 4 is 11.9 Å². The van der Waals surface area contributed by atoms with Crippen molar-refractivity contribution in [3.05, 3.63) is 0 Å². The monoisotopic (exact) mass is 281 g/mol. The van der Waals surface area contributed by atoms with Crippen LogP contribution in [0.1, 0.15) is 64.7 Å². The molecule has 0 aliphatic carbocycles. The first-order valence-electron chi connectivity index (χ1n) is 6.59. The van der Waals surface area contributed by atoms with Gasteiger partial charge in [0.05, 0.1) is 0 Å². The minimum Gasteiger partial charge on any atom is -0.862 e. The van der Waals surface area contributed by atoms with Gasteiger partial charge in [-0.05, 0) is 18.7 Å². The van der Waals surface area contributed by atoms with Crippen LogP contribution in [0.5, 0.6) is 0 Å². The molecule has 0 saturated carbocycles. The van der Waals surface area contributed by atoms with Gasteiger partial charge in [-0.3, -0.25) is 9.79 Å². The van der Waals surface area contributed by atoms with Crippen LogP contribution < -0.4 is 56.5 Å². The van der Waals surface area contributed by atoms with E-state index in [-0.39, 0.29) is 57.3 Å². The topological polar surface area (TPSA) is 72.7 Å². The summed E-state index contributed by atoms with van der Waals surface area (Å²) in [6, 6.07) is 0. The summed E-state index contributed by atoms with van der Waals surface area (Å²) in [5.41, 5.74) is 0. The van der Waals surface area contributed by atoms with E-state index in [4.69, 9.17) is 5.11 Å². The van der Waals surface area contributed by atoms with Gasteiger partial charge in [0.25, 0.3) is 0 Å². The molecule has 0 aromatic rings. The number of unbranched alkanes of at least 4 members (excludes halogenated alkanes) is 7. The molecule has 0 spiro atoms. The predicted octanol–water partition coefficient (Wildman–Crippen LogP) is -0.635. The van der Waals surface area contributed by atoms with Gasteiger partial charge in [-0.25, -0.2) is 0 Å². The number of carboxylic acids is 1. The van der Waals surface area contributed by atoms with Crippen LogP contribution in [-0.4, -0.2) is 23.5 Å². The van der Waals surface area contributed by atoms with Gasteiger partial charge in [0, 0.05) is 0 Å². The molecular formula is C13H24KNO3. The Morgan fingerprint density at radius 1 is 1.06 bits per heavy atom. The van der Waals surface area contributed by atoms with Crippen LogP contribution in [0.4, 0.5) is 0 Å². The Bertz CT molecular complexity index is 232. The molecule has 18 heavy (non-hydrogen) atoms.